The summed E-state index contributed by atoms with van der Waals surface area (Å²) in [4.78, 5) is 18.6. The summed E-state index contributed by atoms with van der Waals surface area (Å²) in [5.41, 5.74) is 5.14. The number of rotatable bonds is 4. The summed E-state index contributed by atoms with van der Waals surface area (Å²) in [6.07, 6.45) is 4.93. The fraction of sp³-hybridized carbons (Fsp3) is 0.240. The van der Waals surface area contributed by atoms with Crippen molar-refractivity contribution >= 4 is 22.1 Å². The van der Waals surface area contributed by atoms with Crippen LogP contribution in [0.5, 0.6) is 0 Å². The molecule has 1 fully saturated rings. The van der Waals surface area contributed by atoms with Gasteiger partial charge in [-0.3, -0.25) is 4.98 Å². The van der Waals surface area contributed by atoms with E-state index in [9.17, 15) is 10.5 Å². The Labute approximate surface area is 194 Å². The number of fused-ring (bicyclic) bond motifs is 2. The van der Waals surface area contributed by atoms with E-state index >= 15 is 0 Å². The Balaban J connectivity index is 1.47. The molecule has 0 unspecified atom stereocenters. The van der Waals surface area contributed by atoms with Gasteiger partial charge in [-0.25, -0.2) is 9.97 Å². The Bertz CT molecular complexity index is 1640. The van der Waals surface area contributed by atoms with Crippen LogP contribution in [0, 0.1) is 35.5 Å². The van der Waals surface area contributed by atoms with Crippen molar-refractivity contribution in [3.63, 3.8) is 0 Å². The predicted molar refractivity (Wildman–Crippen MR) is 125 cm³/mol. The number of nitriles is 2. The Morgan fingerprint density at radius 2 is 2.00 bits per heavy atom. The second-order valence-electron chi connectivity index (χ2n) is 8.79. The van der Waals surface area contributed by atoms with Gasteiger partial charge in [0.2, 0.25) is 0 Å². The molecular formula is C25H19N9. The van der Waals surface area contributed by atoms with Crippen molar-refractivity contribution in [2.24, 2.45) is 5.92 Å². The molecule has 5 aromatic rings. The van der Waals surface area contributed by atoms with E-state index in [0.29, 0.717) is 18.5 Å². The zero-order chi connectivity index (χ0) is 23.3. The second-order valence-corrected chi connectivity index (χ2v) is 8.79. The summed E-state index contributed by atoms with van der Waals surface area (Å²) in [5.74, 6) is 0.751. The number of nitrogens with one attached hydrogen (secondary N) is 1. The zero-order valence-electron chi connectivity index (χ0n) is 18.4. The zero-order valence-corrected chi connectivity index (χ0v) is 18.4. The number of hydrogen-bond donors (Lipinski definition) is 1. The van der Waals surface area contributed by atoms with Crippen LogP contribution in [0.1, 0.15) is 25.1 Å². The fourth-order valence-corrected chi connectivity index (χ4v) is 4.81. The van der Waals surface area contributed by atoms with Crippen molar-refractivity contribution in [3.8, 4) is 34.7 Å². The van der Waals surface area contributed by atoms with Crippen LogP contribution in [0.2, 0.25) is 0 Å². The second kappa shape index (κ2) is 7.46. The van der Waals surface area contributed by atoms with E-state index in [-0.39, 0.29) is 12.3 Å². The first-order chi connectivity index (χ1) is 16.6. The molecule has 0 radical (unpaired) electrons. The van der Waals surface area contributed by atoms with Gasteiger partial charge in [0.15, 0.2) is 5.65 Å². The minimum absolute atomic E-state index is 0.0664. The lowest BCUT2D eigenvalue weighted by atomic mass is 9.68. The molecule has 0 atom stereocenters. The lowest BCUT2D eigenvalue weighted by molar-refractivity contribution is 0.0713. The van der Waals surface area contributed by atoms with Gasteiger partial charge in [0.25, 0.3) is 0 Å². The van der Waals surface area contributed by atoms with Crippen LogP contribution in [0.15, 0.2) is 48.8 Å². The first-order valence-electron chi connectivity index (χ1n) is 11.0. The molecule has 34 heavy (non-hydrogen) atoms. The van der Waals surface area contributed by atoms with Crippen LogP contribution >= 0.6 is 0 Å². The Hall–Kier alpha value is -4.63. The van der Waals surface area contributed by atoms with Gasteiger partial charge in [-0.2, -0.15) is 25.5 Å². The molecule has 9 nitrogen and oxygen atoms in total. The quantitative estimate of drug-likeness (QED) is 0.436. The van der Waals surface area contributed by atoms with E-state index in [4.69, 9.17) is 10.1 Å². The van der Waals surface area contributed by atoms with Gasteiger partial charge >= 0.3 is 0 Å². The van der Waals surface area contributed by atoms with Crippen molar-refractivity contribution in [1.82, 2.24) is 34.9 Å². The highest BCUT2D eigenvalue weighted by atomic mass is 15.5. The molecular weight excluding hydrogens is 426 g/mol. The fourth-order valence-electron chi connectivity index (χ4n) is 4.81. The smallest absolute Gasteiger partial charge is 0.158 e. The molecule has 6 rings (SSSR count). The summed E-state index contributed by atoms with van der Waals surface area (Å²) < 4.78 is 0. The molecule has 164 valence electrons. The molecule has 1 aliphatic carbocycles. The summed E-state index contributed by atoms with van der Waals surface area (Å²) in [5, 5.41) is 28.9. The van der Waals surface area contributed by atoms with E-state index < -0.39 is 5.54 Å². The third-order valence-corrected chi connectivity index (χ3v) is 6.51. The van der Waals surface area contributed by atoms with Gasteiger partial charge in [0, 0.05) is 22.7 Å². The Kier molecular flexibility index (Phi) is 4.39. The van der Waals surface area contributed by atoms with Gasteiger partial charge in [-0.1, -0.05) is 6.07 Å². The minimum atomic E-state index is -0.524. The molecule has 4 heterocycles. The van der Waals surface area contributed by atoms with Crippen LogP contribution in [-0.4, -0.2) is 34.9 Å². The van der Waals surface area contributed by atoms with Gasteiger partial charge in [-0.05, 0) is 50.1 Å². The maximum absolute atomic E-state index is 9.37. The van der Waals surface area contributed by atoms with Gasteiger partial charge in [-0.15, -0.1) is 0 Å². The SMILES string of the molecule is Cc1nc2ccc(-c3cc(-c4cnn(C5(CC#N)CC(C#N)C5)n4)c4cccnc4c3)nc2[nH]1. The third kappa shape index (κ3) is 3.10. The minimum Gasteiger partial charge on any atom is -0.327 e. The van der Waals surface area contributed by atoms with E-state index in [2.05, 4.69) is 32.2 Å². The van der Waals surface area contributed by atoms with E-state index in [1.54, 1.807) is 17.2 Å². The van der Waals surface area contributed by atoms with Crippen LogP contribution in [-0.2, 0) is 5.54 Å². The summed E-state index contributed by atoms with van der Waals surface area (Å²) in [6.45, 7) is 1.91. The monoisotopic (exact) mass is 445 g/mol. The molecule has 1 N–H and O–H groups in total. The standard InChI is InChI=1S/C25H19N9/c1-15-30-21-5-4-20(32-24(21)31-15)17-9-19(18-3-2-8-28-22(18)10-17)23-14-29-34(33-23)25(6-7-26)11-16(12-25)13-27/h2-5,8-10,14,16H,6,11-12H2,1H3,(H,30,31,32). The molecule has 0 spiro atoms. The number of imidazole rings is 1. The highest BCUT2D eigenvalue weighted by Gasteiger charge is 2.48. The highest BCUT2D eigenvalue weighted by molar-refractivity contribution is 5.97. The molecule has 1 aromatic carbocycles. The lowest BCUT2D eigenvalue weighted by Gasteiger charge is -2.42. The summed E-state index contributed by atoms with van der Waals surface area (Å²) in [7, 11) is 0. The average Bonchev–Trinajstić information content (AvgIpc) is 3.46. The molecule has 4 aromatic heterocycles. The number of H-pyrrole nitrogens is 1. The van der Waals surface area contributed by atoms with Crippen LogP contribution < -0.4 is 0 Å². The number of hydrogen-bond acceptors (Lipinski definition) is 7. The molecule has 0 bridgehead atoms. The normalized spacial score (nSPS) is 19.6. The maximum atomic E-state index is 9.37. The van der Waals surface area contributed by atoms with Gasteiger partial charge < -0.3 is 4.98 Å². The first kappa shape index (κ1) is 20.0. The summed E-state index contributed by atoms with van der Waals surface area (Å²) in [6, 6.07) is 16.4. The number of aromatic amines is 1. The third-order valence-electron chi connectivity index (χ3n) is 6.51. The number of aromatic nitrogens is 7. The molecule has 0 aliphatic heterocycles. The topological polar surface area (TPSA) is 133 Å². The lowest BCUT2D eigenvalue weighted by Crippen LogP contribution is -2.47. The van der Waals surface area contributed by atoms with E-state index in [0.717, 1.165) is 44.7 Å². The van der Waals surface area contributed by atoms with Crippen molar-refractivity contribution in [3.05, 3.63) is 54.6 Å². The van der Waals surface area contributed by atoms with Gasteiger partial charge in [0.05, 0.1) is 47.4 Å². The number of benzene rings is 1. The van der Waals surface area contributed by atoms with Crippen molar-refractivity contribution < 1.29 is 0 Å². The Morgan fingerprint density at radius 1 is 1.12 bits per heavy atom. The molecule has 0 amide bonds. The summed E-state index contributed by atoms with van der Waals surface area (Å²) >= 11 is 0. The van der Waals surface area contributed by atoms with Crippen LogP contribution in [0.25, 0.3) is 44.6 Å². The van der Waals surface area contributed by atoms with Crippen molar-refractivity contribution in [2.75, 3.05) is 0 Å². The number of nitrogens with zero attached hydrogens (tertiary/aromatic N) is 8. The molecule has 0 saturated heterocycles. The molecule has 9 heteroatoms. The van der Waals surface area contributed by atoms with Crippen molar-refractivity contribution in [2.45, 2.75) is 31.7 Å². The molecule has 1 aliphatic rings. The average molecular weight is 445 g/mol. The van der Waals surface area contributed by atoms with Crippen LogP contribution in [0.3, 0.4) is 0 Å². The number of pyridine rings is 2. The largest absolute Gasteiger partial charge is 0.327 e. The number of aryl methyl sites for hydroxylation is 1. The van der Waals surface area contributed by atoms with E-state index in [1.165, 1.54) is 0 Å². The van der Waals surface area contributed by atoms with Gasteiger partial charge in [0.1, 0.15) is 17.0 Å². The highest BCUT2D eigenvalue weighted by Crippen LogP contribution is 2.45. The Morgan fingerprint density at radius 3 is 2.82 bits per heavy atom. The predicted octanol–water partition coefficient (Wildman–Crippen LogP) is 4.28. The van der Waals surface area contributed by atoms with Crippen LogP contribution in [0.4, 0.5) is 0 Å². The maximum Gasteiger partial charge on any atom is 0.158 e. The van der Waals surface area contributed by atoms with E-state index in [1.807, 2.05) is 43.3 Å². The van der Waals surface area contributed by atoms with Crippen molar-refractivity contribution in [1.29, 1.82) is 10.5 Å². The molecule has 1 saturated carbocycles. The first-order valence-corrected chi connectivity index (χ1v) is 11.0.